The first kappa shape index (κ1) is 17.9. The molecule has 1 aliphatic rings. The van der Waals surface area contributed by atoms with E-state index in [1.165, 1.54) is 0 Å². The normalized spacial score (nSPS) is 12.3. The van der Waals surface area contributed by atoms with Crippen molar-refractivity contribution in [3.8, 4) is 34.1 Å². The van der Waals surface area contributed by atoms with Gasteiger partial charge in [0.05, 0.1) is 39.3 Å². The first-order valence-electron chi connectivity index (χ1n) is 8.78. The lowest BCUT2D eigenvalue weighted by molar-refractivity contribution is 0.324. The van der Waals surface area contributed by atoms with E-state index >= 15 is 0 Å². The van der Waals surface area contributed by atoms with Crippen molar-refractivity contribution in [2.24, 2.45) is 4.99 Å². The second kappa shape index (κ2) is 7.23. The molecule has 1 N–H and O–H groups in total. The summed E-state index contributed by atoms with van der Waals surface area (Å²) in [6, 6.07) is 12.9. The third-order valence-electron chi connectivity index (χ3n) is 4.75. The third-order valence-corrected chi connectivity index (χ3v) is 4.75. The Morgan fingerprint density at radius 3 is 2.29 bits per heavy atom. The summed E-state index contributed by atoms with van der Waals surface area (Å²) in [6.45, 7) is 0.494. The molecule has 0 amide bonds. The lowest BCUT2D eigenvalue weighted by atomic mass is 9.93. The Hall–Kier alpha value is -3.54. The summed E-state index contributed by atoms with van der Waals surface area (Å²) in [5.74, 6) is 1.88. The van der Waals surface area contributed by atoms with Gasteiger partial charge in [0.2, 0.25) is 5.75 Å². The van der Waals surface area contributed by atoms with Crippen molar-refractivity contribution in [1.29, 1.82) is 0 Å². The maximum atomic E-state index is 9.91. The van der Waals surface area contributed by atoms with Gasteiger partial charge in [-0.1, -0.05) is 12.1 Å². The van der Waals surface area contributed by atoms with Crippen molar-refractivity contribution in [2.45, 2.75) is 6.54 Å². The number of benzene rings is 2. The third kappa shape index (κ3) is 2.93. The highest BCUT2D eigenvalue weighted by Crippen LogP contribution is 2.40. The number of aromatic hydroxyl groups is 1. The maximum absolute atomic E-state index is 9.91. The van der Waals surface area contributed by atoms with Gasteiger partial charge in [-0.3, -0.25) is 9.98 Å². The van der Waals surface area contributed by atoms with Crippen LogP contribution in [0.1, 0.15) is 16.8 Å². The van der Waals surface area contributed by atoms with Gasteiger partial charge < -0.3 is 19.3 Å². The number of ether oxygens (including phenoxy) is 3. The molecule has 1 aliphatic heterocycles. The second-order valence-corrected chi connectivity index (χ2v) is 6.31. The molecular formula is C22H20N2O4. The molecule has 0 fully saturated rings. The zero-order valence-corrected chi connectivity index (χ0v) is 15.9. The van der Waals surface area contributed by atoms with E-state index in [0.717, 1.165) is 33.7 Å². The molecular weight excluding hydrogens is 356 g/mol. The minimum atomic E-state index is 0.215. The van der Waals surface area contributed by atoms with Gasteiger partial charge in [-0.15, -0.1) is 0 Å². The van der Waals surface area contributed by atoms with E-state index in [-0.39, 0.29) is 5.75 Å². The monoisotopic (exact) mass is 376 g/mol. The summed E-state index contributed by atoms with van der Waals surface area (Å²) in [5, 5.41) is 9.91. The predicted molar refractivity (Wildman–Crippen MR) is 107 cm³/mol. The first-order valence-corrected chi connectivity index (χ1v) is 8.78. The molecule has 28 heavy (non-hydrogen) atoms. The van der Waals surface area contributed by atoms with Gasteiger partial charge in [0, 0.05) is 17.3 Å². The summed E-state index contributed by atoms with van der Waals surface area (Å²) in [7, 11) is 4.75. The molecule has 6 heteroatoms. The number of aromatic nitrogens is 1. The van der Waals surface area contributed by atoms with E-state index in [1.54, 1.807) is 39.7 Å². The second-order valence-electron chi connectivity index (χ2n) is 6.31. The van der Waals surface area contributed by atoms with E-state index in [4.69, 9.17) is 19.2 Å². The van der Waals surface area contributed by atoms with Crippen molar-refractivity contribution in [3.05, 3.63) is 65.5 Å². The molecule has 6 nitrogen and oxygen atoms in total. The Kier molecular flexibility index (Phi) is 4.61. The minimum absolute atomic E-state index is 0.215. The van der Waals surface area contributed by atoms with E-state index in [2.05, 4.69) is 4.98 Å². The zero-order chi connectivity index (χ0) is 19.7. The van der Waals surface area contributed by atoms with Gasteiger partial charge in [0.15, 0.2) is 11.5 Å². The summed E-state index contributed by atoms with van der Waals surface area (Å²) in [5.41, 5.74) is 5.36. The van der Waals surface area contributed by atoms with E-state index in [1.807, 2.05) is 30.3 Å². The largest absolute Gasteiger partial charge is 0.508 e. The summed E-state index contributed by atoms with van der Waals surface area (Å²) < 4.78 is 16.4. The van der Waals surface area contributed by atoms with Gasteiger partial charge in [-0.05, 0) is 41.5 Å². The molecule has 2 aromatic carbocycles. The Morgan fingerprint density at radius 2 is 1.64 bits per heavy atom. The predicted octanol–water partition coefficient (Wildman–Crippen LogP) is 3.83. The quantitative estimate of drug-likeness (QED) is 0.733. The number of nitrogens with zero attached hydrogens (tertiary/aromatic N) is 2. The van der Waals surface area contributed by atoms with Crippen LogP contribution in [0.3, 0.4) is 0 Å². The average Bonchev–Trinajstić information content (AvgIpc) is 3.17. The van der Waals surface area contributed by atoms with Gasteiger partial charge in [-0.25, -0.2) is 0 Å². The molecule has 142 valence electrons. The molecule has 0 saturated carbocycles. The van der Waals surface area contributed by atoms with Crippen LogP contribution in [0.2, 0.25) is 0 Å². The molecule has 0 bridgehead atoms. The number of phenolic OH excluding ortho intramolecular Hbond substituents is 1. The lowest BCUT2D eigenvalue weighted by Gasteiger charge is -2.16. The molecule has 0 saturated heterocycles. The highest BCUT2D eigenvalue weighted by molar-refractivity contribution is 6.18. The number of methoxy groups -OCH3 is 3. The van der Waals surface area contributed by atoms with Crippen LogP contribution in [-0.4, -0.2) is 37.1 Å². The van der Waals surface area contributed by atoms with Crippen molar-refractivity contribution >= 4 is 5.71 Å². The van der Waals surface area contributed by atoms with E-state index in [0.29, 0.717) is 23.8 Å². The lowest BCUT2D eigenvalue weighted by Crippen LogP contribution is -2.06. The number of hydrogen-bond donors (Lipinski definition) is 1. The van der Waals surface area contributed by atoms with Gasteiger partial charge >= 0.3 is 0 Å². The Bertz CT molecular complexity index is 1050. The smallest absolute Gasteiger partial charge is 0.203 e. The van der Waals surface area contributed by atoms with E-state index in [9.17, 15) is 5.11 Å². The van der Waals surface area contributed by atoms with Crippen LogP contribution in [0, 0.1) is 0 Å². The molecule has 0 unspecified atom stereocenters. The van der Waals surface area contributed by atoms with Crippen LogP contribution in [0.5, 0.6) is 23.0 Å². The molecule has 0 spiro atoms. The van der Waals surface area contributed by atoms with Gasteiger partial charge in [0.1, 0.15) is 5.75 Å². The number of pyridine rings is 1. The zero-order valence-electron chi connectivity index (χ0n) is 15.9. The number of fused-ring (bicyclic) bond motifs is 1. The van der Waals surface area contributed by atoms with Crippen LogP contribution in [-0.2, 0) is 6.54 Å². The molecule has 3 aromatic rings. The Morgan fingerprint density at radius 1 is 0.893 bits per heavy atom. The van der Waals surface area contributed by atoms with Crippen LogP contribution in [0.15, 0.2) is 53.7 Å². The topological polar surface area (TPSA) is 73.2 Å². The summed E-state index contributed by atoms with van der Waals surface area (Å²) >= 11 is 0. The van der Waals surface area contributed by atoms with Crippen LogP contribution in [0.4, 0.5) is 0 Å². The van der Waals surface area contributed by atoms with Crippen molar-refractivity contribution < 1.29 is 19.3 Å². The summed E-state index contributed by atoms with van der Waals surface area (Å²) in [4.78, 5) is 9.23. The SMILES string of the molecule is COc1cc(C2=NCc3nccc(-c4cccc(O)c4)c32)cc(OC)c1OC. The van der Waals surface area contributed by atoms with Crippen molar-refractivity contribution in [2.75, 3.05) is 21.3 Å². The molecule has 0 aliphatic carbocycles. The van der Waals surface area contributed by atoms with Crippen LogP contribution < -0.4 is 14.2 Å². The molecule has 0 atom stereocenters. The van der Waals surface area contributed by atoms with Crippen molar-refractivity contribution in [1.82, 2.24) is 4.98 Å². The maximum Gasteiger partial charge on any atom is 0.203 e. The molecule has 4 rings (SSSR count). The molecule has 2 heterocycles. The Labute approximate surface area is 163 Å². The standard InChI is InChI=1S/C22H20N2O4/c1-26-18-10-14(11-19(27-2)22(18)28-3)21-20-16(7-8-23-17(20)12-24-21)13-5-4-6-15(25)9-13/h4-11,25H,12H2,1-3H3. The van der Waals surface area contributed by atoms with Crippen LogP contribution in [0.25, 0.3) is 11.1 Å². The average molecular weight is 376 g/mol. The fraction of sp³-hybridized carbons (Fsp3) is 0.182. The first-order chi connectivity index (χ1) is 13.7. The van der Waals surface area contributed by atoms with E-state index < -0.39 is 0 Å². The minimum Gasteiger partial charge on any atom is -0.508 e. The van der Waals surface area contributed by atoms with Gasteiger partial charge in [0.25, 0.3) is 0 Å². The van der Waals surface area contributed by atoms with Gasteiger partial charge in [-0.2, -0.15) is 0 Å². The fourth-order valence-electron chi connectivity index (χ4n) is 3.49. The highest BCUT2D eigenvalue weighted by Gasteiger charge is 2.25. The molecule has 0 radical (unpaired) electrons. The number of hydrogen-bond acceptors (Lipinski definition) is 6. The molecule has 1 aromatic heterocycles. The highest BCUT2D eigenvalue weighted by atomic mass is 16.5. The van der Waals surface area contributed by atoms with Crippen molar-refractivity contribution in [3.63, 3.8) is 0 Å². The Balaban J connectivity index is 1.89. The number of rotatable bonds is 5. The summed E-state index contributed by atoms with van der Waals surface area (Å²) in [6.07, 6.45) is 1.77. The fourth-order valence-corrected chi connectivity index (χ4v) is 3.49. The van der Waals surface area contributed by atoms with Crippen LogP contribution >= 0.6 is 0 Å². The number of aliphatic imine (C=N–C) groups is 1. The number of phenols is 1.